The van der Waals surface area contributed by atoms with E-state index in [9.17, 15) is 18.0 Å². The first kappa shape index (κ1) is 18.5. The number of para-hydroxylation sites is 2. The molecule has 0 unspecified atom stereocenters. The minimum Gasteiger partial charge on any atom is -0.480 e. The van der Waals surface area contributed by atoms with Crippen LogP contribution < -0.4 is 14.4 Å². The van der Waals surface area contributed by atoms with Crippen molar-refractivity contribution < 1.29 is 27.4 Å². The zero-order valence-corrected chi connectivity index (χ0v) is 14.8. The van der Waals surface area contributed by atoms with Gasteiger partial charge in [-0.1, -0.05) is 12.1 Å². The third-order valence-electron chi connectivity index (χ3n) is 3.92. The van der Waals surface area contributed by atoms with E-state index in [4.69, 9.17) is 4.74 Å². The first-order valence-electron chi connectivity index (χ1n) is 8.06. The Morgan fingerprint density at radius 1 is 1.23 bits per heavy atom. The second kappa shape index (κ2) is 7.53. The molecular formula is C17H17F3N2O3S. The van der Waals surface area contributed by atoms with Crippen molar-refractivity contribution in [3.05, 3.63) is 34.8 Å². The van der Waals surface area contributed by atoms with E-state index in [1.165, 1.54) is 39.3 Å². The maximum atomic E-state index is 12.4. The number of likely N-dealkylation sites (N-methyl/N-ethyl adjacent to an activating group) is 1. The Morgan fingerprint density at radius 2 is 1.92 bits per heavy atom. The summed E-state index contributed by atoms with van der Waals surface area (Å²) < 4.78 is 46.4. The minimum absolute atomic E-state index is 0.148. The van der Waals surface area contributed by atoms with Crippen LogP contribution in [0.25, 0.3) is 0 Å². The number of rotatable bonds is 5. The van der Waals surface area contributed by atoms with Crippen molar-refractivity contribution in [3.63, 3.8) is 0 Å². The summed E-state index contributed by atoms with van der Waals surface area (Å²) in [6.07, 6.45) is -0.751. The molecule has 0 bridgehead atoms. The molecule has 1 heterocycles. The van der Waals surface area contributed by atoms with Gasteiger partial charge in [-0.15, -0.1) is 24.5 Å². The lowest BCUT2D eigenvalue weighted by molar-refractivity contribution is -0.275. The minimum atomic E-state index is -4.83. The highest BCUT2D eigenvalue weighted by molar-refractivity contribution is 7.15. The van der Waals surface area contributed by atoms with Crippen LogP contribution in [-0.4, -0.2) is 30.9 Å². The van der Waals surface area contributed by atoms with Crippen molar-refractivity contribution in [2.45, 2.75) is 32.0 Å². The molecule has 0 atom stereocenters. The highest BCUT2D eigenvalue weighted by Gasteiger charge is 2.32. The van der Waals surface area contributed by atoms with Crippen LogP contribution in [0, 0.1) is 0 Å². The molecule has 0 spiro atoms. The summed E-state index contributed by atoms with van der Waals surface area (Å²) in [5, 5.41) is 0.574. The summed E-state index contributed by atoms with van der Waals surface area (Å²) in [4.78, 5) is 19.4. The number of benzene rings is 1. The summed E-state index contributed by atoms with van der Waals surface area (Å²) in [6, 6.07) is 5.34. The van der Waals surface area contributed by atoms with Gasteiger partial charge in [0.05, 0.1) is 5.69 Å². The van der Waals surface area contributed by atoms with Gasteiger partial charge in [0.1, 0.15) is 0 Å². The summed E-state index contributed by atoms with van der Waals surface area (Å²) >= 11 is 1.47. The molecule has 2 aromatic rings. The number of ether oxygens (including phenoxy) is 2. The number of thiazole rings is 1. The molecule has 1 aromatic carbocycles. The SMILES string of the molecule is CN(C(=O)COc1ccccc1OC(F)(F)F)c1nc2c(s1)CCCC2. The van der Waals surface area contributed by atoms with E-state index in [0.29, 0.717) is 5.13 Å². The number of carbonyl (C=O) groups is 1. The lowest BCUT2D eigenvalue weighted by Gasteiger charge is -2.16. The predicted octanol–water partition coefficient (Wildman–Crippen LogP) is 3.96. The Bertz CT molecular complexity index is 768. The fraction of sp³-hybridized carbons (Fsp3) is 0.412. The molecule has 0 radical (unpaired) electrons. The summed E-state index contributed by atoms with van der Waals surface area (Å²) in [7, 11) is 1.58. The fourth-order valence-electron chi connectivity index (χ4n) is 2.60. The molecule has 1 aromatic heterocycles. The lowest BCUT2D eigenvalue weighted by Crippen LogP contribution is -2.31. The van der Waals surface area contributed by atoms with Crippen LogP contribution in [0.3, 0.4) is 0 Å². The third kappa shape index (κ3) is 4.46. The molecule has 0 saturated heterocycles. The smallest absolute Gasteiger partial charge is 0.480 e. The number of aryl methyl sites for hydroxylation is 2. The Kier molecular flexibility index (Phi) is 5.36. The number of amides is 1. The van der Waals surface area contributed by atoms with E-state index in [1.54, 1.807) is 7.05 Å². The van der Waals surface area contributed by atoms with Crippen molar-refractivity contribution in [2.24, 2.45) is 0 Å². The zero-order valence-electron chi connectivity index (χ0n) is 14.0. The standard InChI is InChI=1S/C17H17F3N2O3S/c1-22(16-21-11-6-2-5-9-14(11)26-16)15(23)10-24-12-7-3-4-8-13(12)25-17(18,19)20/h3-4,7-8H,2,5-6,9-10H2,1H3. The Morgan fingerprint density at radius 3 is 2.62 bits per heavy atom. The highest BCUT2D eigenvalue weighted by atomic mass is 32.1. The van der Waals surface area contributed by atoms with Crippen LogP contribution >= 0.6 is 11.3 Å². The maximum absolute atomic E-state index is 12.4. The van der Waals surface area contributed by atoms with Crippen molar-refractivity contribution >= 4 is 22.4 Å². The topological polar surface area (TPSA) is 51.7 Å². The fourth-order valence-corrected chi connectivity index (χ4v) is 3.73. The van der Waals surface area contributed by atoms with Crippen LogP contribution in [0.15, 0.2) is 24.3 Å². The lowest BCUT2D eigenvalue weighted by atomic mass is 10.0. The van der Waals surface area contributed by atoms with Crippen molar-refractivity contribution in [3.8, 4) is 11.5 Å². The highest BCUT2D eigenvalue weighted by Crippen LogP contribution is 2.33. The van der Waals surface area contributed by atoms with Gasteiger partial charge in [-0.3, -0.25) is 9.69 Å². The number of alkyl halides is 3. The van der Waals surface area contributed by atoms with Gasteiger partial charge < -0.3 is 9.47 Å². The number of hydrogen-bond acceptors (Lipinski definition) is 5. The van der Waals surface area contributed by atoms with Crippen molar-refractivity contribution in [2.75, 3.05) is 18.6 Å². The van der Waals surface area contributed by atoms with Gasteiger partial charge in [-0.05, 0) is 37.8 Å². The van der Waals surface area contributed by atoms with Crippen LogP contribution in [0.1, 0.15) is 23.4 Å². The second-order valence-electron chi connectivity index (χ2n) is 5.81. The van der Waals surface area contributed by atoms with Gasteiger partial charge in [0.25, 0.3) is 5.91 Å². The number of hydrogen-bond donors (Lipinski definition) is 0. The molecule has 0 fully saturated rings. The number of fused-ring (bicyclic) bond motifs is 1. The zero-order chi connectivity index (χ0) is 18.7. The Balaban J connectivity index is 1.64. The van der Waals surface area contributed by atoms with E-state index in [1.807, 2.05) is 0 Å². The van der Waals surface area contributed by atoms with Gasteiger partial charge >= 0.3 is 6.36 Å². The average molecular weight is 386 g/mol. The molecule has 1 amide bonds. The Hall–Kier alpha value is -2.29. The van der Waals surface area contributed by atoms with E-state index < -0.39 is 24.6 Å². The molecule has 0 N–H and O–H groups in total. The molecule has 3 rings (SSSR count). The normalized spacial score (nSPS) is 13.8. The molecule has 0 saturated carbocycles. The molecule has 9 heteroatoms. The number of nitrogens with zero attached hydrogens (tertiary/aromatic N) is 2. The predicted molar refractivity (Wildman–Crippen MR) is 90.8 cm³/mol. The molecule has 0 aliphatic heterocycles. The van der Waals surface area contributed by atoms with Crippen molar-refractivity contribution in [1.29, 1.82) is 0 Å². The molecule has 26 heavy (non-hydrogen) atoms. The second-order valence-corrected chi connectivity index (χ2v) is 6.87. The van der Waals surface area contributed by atoms with Crippen LogP contribution in [0.2, 0.25) is 0 Å². The van der Waals surface area contributed by atoms with E-state index in [0.717, 1.165) is 37.4 Å². The summed E-state index contributed by atoms with van der Waals surface area (Å²) in [6.45, 7) is -0.418. The maximum Gasteiger partial charge on any atom is 0.573 e. The average Bonchev–Trinajstić information content (AvgIpc) is 3.02. The largest absolute Gasteiger partial charge is 0.573 e. The molecule has 1 aliphatic rings. The third-order valence-corrected chi connectivity index (χ3v) is 5.16. The summed E-state index contributed by atoms with van der Waals surface area (Å²) in [5.41, 5.74) is 1.03. The molecule has 1 aliphatic carbocycles. The van der Waals surface area contributed by atoms with Gasteiger partial charge in [0.15, 0.2) is 23.2 Å². The van der Waals surface area contributed by atoms with Crippen LogP contribution in [-0.2, 0) is 17.6 Å². The first-order chi connectivity index (χ1) is 12.3. The van der Waals surface area contributed by atoms with Gasteiger partial charge in [0, 0.05) is 11.9 Å². The number of aromatic nitrogens is 1. The number of anilines is 1. The molecule has 140 valence electrons. The first-order valence-corrected chi connectivity index (χ1v) is 8.88. The van der Waals surface area contributed by atoms with Gasteiger partial charge in [-0.25, -0.2) is 4.98 Å². The van der Waals surface area contributed by atoms with Crippen molar-refractivity contribution in [1.82, 2.24) is 4.98 Å². The Labute approximate surface area is 152 Å². The van der Waals surface area contributed by atoms with E-state index >= 15 is 0 Å². The van der Waals surface area contributed by atoms with Crippen LogP contribution in [0.4, 0.5) is 18.3 Å². The summed E-state index contributed by atoms with van der Waals surface area (Å²) in [5.74, 6) is -1.04. The van der Waals surface area contributed by atoms with E-state index in [-0.39, 0.29) is 5.75 Å². The molecule has 5 nitrogen and oxygen atoms in total. The van der Waals surface area contributed by atoms with Gasteiger partial charge in [-0.2, -0.15) is 0 Å². The van der Waals surface area contributed by atoms with Crippen LogP contribution in [0.5, 0.6) is 11.5 Å². The number of carbonyl (C=O) groups excluding carboxylic acids is 1. The monoisotopic (exact) mass is 386 g/mol. The van der Waals surface area contributed by atoms with Gasteiger partial charge in [0.2, 0.25) is 0 Å². The molecular weight excluding hydrogens is 369 g/mol. The number of halogens is 3. The quantitative estimate of drug-likeness (QED) is 0.781. The van der Waals surface area contributed by atoms with E-state index in [2.05, 4.69) is 9.72 Å².